The van der Waals surface area contributed by atoms with Gasteiger partial charge in [-0.25, -0.2) is 8.42 Å². The van der Waals surface area contributed by atoms with Crippen LogP contribution in [0.2, 0.25) is 20.1 Å². The van der Waals surface area contributed by atoms with Gasteiger partial charge in [0.25, 0.3) is 10.0 Å². The van der Waals surface area contributed by atoms with Crippen molar-refractivity contribution in [3.8, 4) is 0 Å². The average Bonchev–Trinajstić information content (AvgIpc) is 3.01. The van der Waals surface area contributed by atoms with Crippen LogP contribution < -0.4 is 9.62 Å². The van der Waals surface area contributed by atoms with Crippen LogP contribution in [0.5, 0.6) is 0 Å². The Hall–Kier alpha value is -3.27. The number of anilines is 1. The van der Waals surface area contributed by atoms with E-state index in [0.29, 0.717) is 12.1 Å². The number of likely N-dealkylation sites (N-methyl/N-ethyl adjacent to an activating group) is 1. The third kappa shape index (κ3) is 8.06. The Bertz CT molecular complexity index is 1700. The van der Waals surface area contributed by atoms with E-state index < -0.39 is 34.4 Å². The van der Waals surface area contributed by atoms with Gasteiger partial charge in [0.1, 0.15) is 12.6 Å². The van der Waals surface area contributed by atoms with Gasteiger partial charge in [-0.15, -0.1) is 0 Å². The zero-order chi connectivity index (χ0) is 31.9. The largest absolute Gasteiger partial charge is 0.355 e. The van der Waals surface area contributed by atoms with Crippen LogP contribution in [0.15, 0.2) is 102 Å². The van der Waals surface area contributed by atoms with Crippen molar-refractivity contribution in [2.75, 3.05) is 17.4 Å². The quantitative estimate of drug-likeness (QED) is 0.169. The first kappa shape index (κ1) is 33.6. The molecule has 0 aliphatic heterocycles. The number of amides is 2. The summed E-state index contributed by atoms with van der Waals surface area (Å²) in [6, 6.07) is 25.1. The van der Waals surface area contributed by atoms with E-state index in [1.807, 2.05) is 30.3 Å². The summed E-state index contributed by atoms with van der Waals surface area (Å²) in [5.74, 6) is -1.12. The number of halogens is 4. The molecule has 4 aromatic rings. The van der Waals surface area contributed by atoms with Crippen LogP contribution >= 0.6 is 46.4 Å². The van der Waals surface area contributed by atoms with Crippen molar-refractivity contribution in [2.24, 2.45) is 0 Å². The highest BCUT2D eigenvalue weighted by molar-refractivity contribution is 7.92. The minimum absolute atomic E-state index is 0.00437. The van der Waals surface area contributed by atoms with Gasteiger partial charge in [-0.3, -0.25) is 13.9 Å². The second kappa shape index (κ2) is 15.1. The van der Waals surface area contributed by atoms with Gasteiger partial charge >= 0.3 is 0 Å². The van der Waals surface area contributed by atoms with Gasteiger partial charge in [0.2, 0.25) is 11.8 Å². The lowest BCUT2D eigenvalue weighted by molar-refractivity contribution is -0.140. The smallest absolute Gasteiger partial charge is 0.264 e. The maximum absolute atomic E-state index is 14.4. The van der Waals surface area contributed by atoms with E-state index in [-0.39, 0.29) is 43.6 Å². The molecule has 0 radical (unpaired) electrons. The van der Waals surface area contributed by atoms with Gasteiger partial charge in [-0.05, 0) is 55.0 Å². The lowest BCUT2D eigenvalue weighted by atomic mass is 10.0. The molecule has 0 aliphatic carbocycles. The predicted octanol–water partition coefficient (Wildman–Crippen LogP) is 7.27. The minimum atomic E-state index is -4.34. The van der Waals surface area contributed by atoms with E-state index >= 15 is 0 Å². The van der Waals surface area contributed by atoms with Crippen LogP contribution in [0, 0.1) is 0 Å². The van der Waals surface area contributed by atoms with E-state index in [4.69, 9.17) is 46.4 Å². The van der Waals surface area contributed by atoms with Crippen LogP contribution in [0.1, 0.15) is 18.1 Å². The molecule has 12 heteroatoms. The highest BCUT2D eigenvalue weighted by Crippen LogP contribution is 2.34. The molecule has 44 heavy (non-hydrogen) atoms. The monoisotopic (exact) mass is 691 g/mol. The first-order chi connectivity index (χ1) is 21.0. The van der Waals surface area contributed by atoms with Crippen LogP contribution in [-0.4, -0.2) is 44.3 Å². The fourth-order valence-corrected chi connectivity index (χ4v) is 7.01. The van der Waals surface area contributed by atoms with Gasteiger partial charge in [-0.2, -0.15) is 0 Å². The maximum Gasteiger partial charge on any atom is 0.264 e. The van der Waals surface area contributed by atoms with Crippen LogP contribution in [0.3, 0.4) is 0 Å². The number of nitrogens with zero attached hydrogens (tertiary/aromatic N) is 2. The molecule has 4 aromatic carbocycles. The Kier molecular flexibility index (Phi) is 11.6. The molecule has 0 heterocycles. The Morgan fingerprint density at radius 2 is 1.41 bits per heavy atom. The zero-order valence-electron chi connectivity index (χ0n) is 23.6. The number of hydrogen-bond donors (Lipinski definition) is 1. The Balaban J connectivity index is 1.85. The van der Waals surface area contributed by atoms with E-state index in [0.717, 1.165) is 9.87 Å². The second-order valence-electron chi connectivity index (χ2n) is 9.74. The minimum Gasteiger partial charge on any atom is -0.355 e. The lowest BCUT2D eigenvalue weighted by Crippen LogP contribution is -2.53. The molecular weight excluding hydrogens is 664 g/mol. The van der Waals surface area contributed by atoms with Crippen molar-refractivity contribution in [1.82, 2.24) is 10.2 Å². The van der Waals surface area contributed by atoms with Crippen LogP contribution in [-0.2, 0) is 32.6 Å². The molecule has 230 valence electrons. The van der Waals surface area contributed by atoms with Crippen molar-refractivity contribution in [3.05, 3.63) is 128 Å². The maximum atomic E-state index is 14.4. The molecule has 0 unspecified atom stereocenters. The Labute approximate surface area is 277 Å². The molecule has 0 saturated carbocycles. The molecule has 0 aromatic heterocycles. The molecule has 4 rings (SSSR count). The molecule has 0 aliphatic rings. The molecule has 0 saturated heterocycles. The summed E-state index contributed by atoms with van der Waals surface area (Å²) in [4.78, 5) is 29.3. The van der Waals surface area contributed by atoms with Crippen molar-refractivity contribution < 1.29 is 18.0 Å². The highest BCUT2D eigenvalue weighted by Gasteiger charge is 2.35. The summed E-state index contributed by atoms with van der Waals surface area (Å²) in [7, 11) is -4.34. The predicted molar refractivity (Wildman–Crippen MR) is 177 cm³/mol. The molecule has 1 N–H and O–H groups in total. The van der Waals surface area contributed by atoms with Gasteiger partial charge in [0.05, 0.1) is 15.6 Å². The summed E-state index contributed by atoms with van der Waals surface area (Å²) >= 11 is 25.8. The van der Waals surface area contributed by atoms with Gasteiger partial charge in [0, 0.05) is 40.1 Å². The topological polar surface area (TPSA) is 86.8 Å². The summed E-state index contributed by atoms with van der Waals surface area (Å²) in [5.41, 5.74) is 1.20. The number of nitrogens with one attached hydrogen (secondary N) is 1. The molecule has 0 fully saturated rings. The summed E-state index contributed by atoms with van der Waals surface area (Å²) in [6.45, 7) is 1.20. The number of hydrogen-bond acceptors (Lipinski definition) is 4. The molecule has 0 bridgehead atoms. The van der Waals surface area contributed by atoms with E-state index in [9.17, 15) is 18.0 Å². The summed E-state index contributed by atoms with van der Waals surface area (Å²) < 4.78 is 29.0. The Morgan fingerprint density at radius 1 is 0.795 bits per heavy atom. The molecule has 0 spiro atoms. The molecule has 7 nitrogen and oxygen atoms in total. The molecular formula is C32H29Cl4N3O4S. The third-order valence-corrected chi connectivity index (χ3v) is 9.84. The van der Waals surface area contributed by atoms with Crippen LogP contribution in [0.25, 0.3) is 0 Å². The number of carbonyl (C=O) groups is 2. The zero-order valence-corrected chi connectivity index (χ0v) is 27.4. The second-order valence-corrected chi connectivity index (χ2v) is 13.3. The number of sulfonamides is 1. The first-order valence-electron chi connectivity index (χ1n) is 13.6. The highest BCUT2D eigenvalue weighted by atomic mass is 35.5. The first-order valence-corrected chi connectivity index (χ1v) is 16.5. The van der Waals surface area contributed by atoms with Crippen molar-refractivity contribution in [2.45, 2.75) is 30.8 Å². The fraction of sp³-hybridized carbons (Fsp3) is 0.188. The van der Waals surface area contributed by atoms with Crippen molar-refractivity contribution in [3.63, 3.8) is 0 Å². The van der Waals surface area contributed by atoms with Gasteiger partial charge in [0.15, 0.2) is 0 Å². The third-order valence-electron chi connectivity index (χ3n) is 6.80. The number of benzene rings is 4. The van der Waals surface area contributed by atoms with Crippen molar-refractivity contribution in [1.29, 1.82) is 0 Å². The normalized spacial score (nSPS) is 11.9. The average molecular weight is 693 g/mol. The fourth-order valence-electron chi connectivity index (χ4n) is 4.61. The lowest BCUT2D eigenvalue weighted by Gasteiger charge is -2.34. The van der Waals surface area contributed by atoms with E-state index in [1.165, 1.54) is 35.2 Å². The number of carbonyl (C=O) groups excluding carboxylic acids is 2. The Morgan fingerprint density at radius 3 is 2.02 bits per heavy atom. The summed E-state index contributed by atoms with van der Waals surface area (Å²) in [6.07, 6.45) is 0.143. The standard InChI is InChI=1S/C32H29Cl4N3O4S/c1-2-37-32(41)30(18-22-10-5-3-6-11-22)38(20-25-26(34)14-9-15-27(25)35)31(40)21-39(29-19-23(33)16-17-28(29)36)44(42,43)24-12-7-4-8-13-24/h3-17,19,30H,2,18,20-21H2,1H3,(H,37,41)/t30-/m0/s1. The molecule has 1 atom stereocenters. The number of rotatable bonds is 12. The van der Waals surface area contributed by atoms with E-state index in [2.05, 4.69) is 5.32 Å². The van der Waals surface area contributed by atoms with Crippen molar-refractivity contribution >= 4 is 73.9 Å². The van der Waals surface area contributed by atoms with Gasteiger partial charge in [-0.1, -0.05) is 101 Å². The van der Waals surface area contributed by atoms with E-state index in [1.54, 1.807) is 43.3 Å². The SMILES string of the molecule is CCNC(=O)[C@H](Cc1ccccc1)N(Cc1c(Cl)cccc1Cl)C(=O)CN(c1cc(Cl)ccc1Cl)S(=O)(=O)c1ccccc1. The molecule has 2 amide bonds. The van der Waals surface area contributed by atoms with Gasteiger partial charge < -0.3 is 10.2 Å². The van der Waals surface area contributed by atoms with Crippen LogP contribution in [0.4, 0.5) is 5.69 Å². The summed E-state index contributed by atoms with van der Waals surface area (Å²) in [5, 5.41) is 3.66.